The van der Waals surface area contributed by atoms with Crippen molar-refractivity contribution in [3.05, 3.63) is 58.1 Å². The van der Waals surface area contributed by atoms with Gasteiger partial charge in [0.15, 0.2) is 5.82 Å². The lowest BCUT2D eigenvalue weighted by Gasteiger charge is -2.35. The summed E-state index contributed by atoms with van der Waals surface area (Å²) < 4.78 is 15.9. The van der Waals surface area contributed by atoms with Gasteiger partial charge in [-0.25, -0.2) is 9.07 Å². The molecule has 0 spiro atoms. The van der Waals surface area contributed by atoms with Crippen molar-refractivity contribution >= 4 is 34.6 Å². The first-order valence-electron chi connectivity index (χ1n) is 11.8. The number of anilines is 3. The molecule has 0 aliphatic carbocycles. The highest BCUT2D eigenvalue weighted by Gasteiger charge is 2.22. The summed E-state index contributed by atoms with van der Waals surface area (Å²) in [6.07, 6.45) is 2.67. The van der Waals surface area contributed by atoms with Gasteiger partial charge in [-0.15, -0.1) is 5.10 Å². The van der Waals surface area contributed by atoms with Crippen LogP contribution in [0.3, 0.4) is 0 Å². The second-order valence-electron chi connectivity index (χ2n) is 9.42. The van der Waals surface area contributed by atoms with E-state index < -0.39 is 11.7 Å². The van der Waals surface area contributed by atoms with E-state index in [1.165, 1.54) is 13.0 Å². The second-order valence-corrected chi connectivity index (χ2v) is 9.80. The van der Waals surface area contributed by atoms with Gasteiger partial charge in [0.05, 0.1) is 45.2 Å². The molecule has 4 rings (SSSR count). The number of nitrogen functional groups attached to an aromatic ring is 1. The number of nitrogens with zero attached hydrogens (tertiary/aromatic N) is 6. The summed E-state index contributed by atoms with van der Waals surface area (Å²) in [5.41, 5.74) is 9.04. The van der Waals surface area contributed by atoms with Crippen LogP contribution in [0.1, 0.15) is 21.6 Å². The van der Waals surface area contributed by atoms with E-state index in [9.17, 15) is 9.18 Å². The van der Waals surface area contributed by atoms with E-state index in [0.29, 0.717) is 5.69 Å². The van der Waals surface area contributed by atoms with Crippen LogP contribution in [0.5, 0.6) is 0 Å². The Kier molecular flexibility index (Phi) is 7.77. The molecule has 1 aliphatic heterocycles. The number of nitrogens with two attached hydrogens (primary N) is 1. The Balaban J connectivity index is 1.68. The van der Waals surface area contributed by atoms with Gasteiger partial charge in [0, 0.05) is 44.7 Å². The number of amides is 1. The standard InChI is InChI=1S/C25H32ClFN8O/c1-16-23(26)19(14-20(28)24(16)27)25(36)29-21-13-18(35-15-17(30-31-35)7-8-32(2)3)5-6-22(21)34-11-9-33(4)10-12-34/h5-6,13-15H,7-12,28H2,1-4H3,(H,29,36). The van der Waals surface area contributed by atoms with Gasteiger partial charge in [0.25, 0.3) is 5.91 Å². The zero-order chi connectivity index (χ0) is 26.0. The monoisotopic (exact) mass is 514 g/mol. The minimum Gasteiger partial charge on any atom is -0.396 e. The Morgan fingerprint density at radius 1 is 1.22 bits per heavy atom. The Hall–Kier alpha value is -3.21. The largest absolute Gasteiger partial charge is 0.396 e. The third-order valence-corrected chi connectivity index (χ3v) is 6.87. The van der Waals surface area contributed by atoms with Crippen LogP contribution in [0.25, 0.3) is 5.69 Å². The van der Waals surface area contributed by atoms with Crippen molar-refractivity contribution in [2.24, 2.45) is 0 Å². The lowest BCUT2D eigenvalue weighted by atomic mass is 10.1. The Labute approximate surface area is 215 Å². The van der Waals surface area contributed by atoms with Crippen LogP contribution in [0.15, 0.2) is 30.5 Å². The molecule has 3 N–H and O–H groups in total. The maximum Gasteiger partial charge on any atom is 0.257 e. The van der Waals surface area contributed by atoms with Gasteiger partial charge >= 0.3 is 0 Å². The fraction of sp³-hybridized carbons (Fsp3) is 0.400. The van der Waals surface area contributed by atoms with Crippen molar-refractivity contribution < 1.29 is 9.18 Å². The number of benzene rings is 2. The predicted molar refractivity (Wildman–Crippen MR) is 142 cm³/mol. The minimum absolute atomic E-state index is 0.0401. The molecular weight excluding hydrogens is 483 g/mol. The molecule has 1 saturated heterocycles. The molecular formula is C25H32ClFN8O. The molecule has 0 saturated carbocycles. The average Bonchev–Trinajstić information content (AvgIpc) is 3.33. The lowest BCUT2D eigenvalue weighted by Crippen LogP contribution is -2.44. The van der Waals surface area contributed by atoms with Gasteiger partial charge < -0.3 is 25.8 Å². The Bertz CT molecular complexity index is 1250. The first kappa shape index (κ1) is 25.9. The van der Waals surface area contributed by atoms with Crippen LogP contribution in [0.2, 0.25) is 5.02 Å². The molecule has 11 heteroatoms. The van der Waals surface area contributed by atoms with Crippen molar-refractivity contribution in [3.63, 3.8) is 0 Å². The highest BCUT2D eigenvalue weighted by Crippen LogP contribution is 2.32. The van der Waals surface area contributed by atoms with E-state index in [1.54, 1.807) is 4.68 Å². The summed E-state index contributed by atoms with van der Waals surface area (Å²) in [6.45, 7) is 5.82. The third kappa shape index (κ3) is 5.61. The predicted octanol–water partition coefficient (Wildman–Crippen LogP) is 3.06. The molecule has 192 valence electrons. The molecule has 2 aromatic carbocycles. The molecule has 2 heterocycles. The minimum atomic E-state index is -0.618. The summed E-state index contributed by atoms with van der Waals surface area (Å²) in [6, 6.07) is 7.07. The number of carbonyl (C=O) groups excluding carboxylic acids is 1. The number of hydrogen-bond donors (Lipinski definition) is 2. The third-order valence-electron chi connectivity index (χ3n) is 6.39. The van der Waals surface area contributed by atoms with Gasteiger partial charge in [0.1, 0.15) is 0 Å². The number of nitrogens with one attached hydrogen (secondary N) is 1. The molecule has 1 aliphatic rings. The van der Waals surface area contributed by atoms with E-state index >= 15 is 0 Å². The normalized spacial score (nSPS) is 14.5. The Morgan fingerprint density at radius 3 is 2.64 bits per heavy atom. The summed E-state index contributed by atoms with van der Waals surface area (Å²) in [5, 5.41) is 11.6. The van der Waals surface area contributed by atoms with Crippen molar-refractivity contribution in [2.45, 2.75) is 13.3 Å². The maximum absolute atomic E-state index is 14.2. The highest BCUT2D eigenvalue weighted by atomic mass is 35.5. The quantitative estimate of drug-likeness (QED) is 0.468. The molecule has 1 aromatic heterocycles. The summed E-state index contributed by atoms with van der Waals surface area (Å²) >= 11 is 6.32. The van der Waals surface area contributed by atoms with Gasteiger partial charge in [-0.05, 0) is 52.3 Å². The van der Waals surface area contributed by atoms with Crippen LogP contribution in [0, 0.1) is 12.7 Å². The molecule has 1 fully saturated rings. The second kappa shape index (κ2) is 10.8. The highest BCUT2D eigenvalue weighted by molar-refractivity contribution is 6.35. The summed E-state index contributed by atoms with van der Waals surface area (Å²) in [4.78, 5) is 19.9. The van der Waals surface area contributed by atoms with Gasteiger partial charge in [-0.3, -0.25) is 4.79 Å². The number of rotatable bonds is 7. The van der Waals surface area contributed by atoms with Crippen molar-refractivity contribution in [3.8, 4) is 5.69 Å². The van der Waals surface area contributed by atoms with Gasteiger partial charge in [0.2, 0.25) is 0 Å². The van der Waals surface area contributed by atoms with Gasteiger partial charge in [-0.1, -0.05) is 16.8 Å². The molecule has 0 radical (unpaired) electrons. The SMILES string of the molecule is Cc1c(F)c(N)cc(C(=O)Nc2cc(-n3cc(CCN(C)C)nn3)ccc2N2CCN(C)CC2)c1Cl. The Morgan fingerprint density at radius 2 is 1.94 bits per heavy atom. The summed E-state index contributed by atoms with van der Waals surface area (Å²) in [5.74, 6) is -1.08. The van der Waals surface area contributed by atoms with Crippen molar-refractivity contribution in [1.82, 2.24) is 24.8 Å². The number of carbonyl (C=O) groups is 1. The molecule has 0 unspecified atom stereocenters. The average molecular weight is 515 g/mol. The fourth-order valence-electron chi connectivity index (χ4n) is 4.12. The van der Waals surface area contributed by atoms with Crippen LogP contribution in [-0.4, -0.2) is 84.6 Å². The molecule has 0 atom stereocenters. The molecule has 1 amide bonds. The van der Waals surface area contributed by atoms with Crippen LogP contribution in [-0.2, 0) is 6.42 Å². The number of likely N-dealkylation sites (N-methyl/N-ethyl adjacent to an activating group) is 2. The lowest BCUT2D eigenvalue weighted by molar-refractivity contribution is 0.102. The maximum atomic E-state index is 14.2. The van der Waals surface area contributed by atoms with E-state index in [-0.39, 0.29) is 21.8 Å². The van der Waals surface area contributed by atoms with Crippen molar-refractivity contribution in [2.75, 3.05) is 69.8 Å². The van der Waals surface area contributed by atoms with Gasteiger partial charge in [-0.2, -0.15) is 0 Å². The molecule has 9 nitrogen and oxygen atoms in total. The molecule has 0 bridgehead atoms. The topological polar surface area (TPSA) is 95.5 Å². The van der Waals surface area contributed by atoms with E-state index in [4.69, 9.17) is 17.3 Å². The summed E-state index contributed by atoms with van der Waals surface area (Å²) in [7, 11) is 6.11. The zero-order valence-electron chi connectivity index (χ0n) is 21.1. The van der Waals surface area contributed by atoms with Crippen LogP contribution in [0.4, 0.5) is 21.5 Å². The van der Waals surface area contributed by atoms with E-state index in [2.05, 4.69) is 37.4 Å². The smallest absolute Gasteiger partial charge is 0.257 e. The number of halogens is 2. The number of hydrogen-bond acceptors (Lipinski definition) is 7. The zero-order valence-corrected chi connectivity index (χ0v) is 21.8. The van der Waals surface area contributed by atoms with Crippen LogP contribution >= 0.6 is 11.6 Å². The van der Waals surface area contributed by atoms with E-state index in [0.717, 1.165) is 56.2 Å². The van der Waals surface area contributed by atoms with Crippen molar-refractivity contribution in [1.29, 1.82) is 0 Å². The molecule has 3 aromatic rings. The first-order valence-corrected chi connectivity index (χ1v) is 12.2. The first-order chi connectivity index (χ1) is 17.1. The number of piperazine rings is 1. The van der Waals surface area contributed by atoms with E-state index in [1.807, 2.05) is 38.5 Å². The van der Waals surface area contributed by atoms with Crippen LogP contribution < -0.4 is 16.0 Å². The fourth-order valence-corrected chi connectivity index (χ4v) is 4.34. The molecule has 36 heavy (non-hydrogen) atoms. The number of aromatic nitrogens is 3.